The Morgan fingerprint density at radius 2 is 1.92 bits per heavy atom. The molecule has 26 heavy (non-hydrogen) atoms. The number of fused-ring (bicyclic) bond motifs is 1. The minimum atomic E-state index is -3.72. The van der Waals surface area contributed by atoms with Crippen LogP contribution < -0.4 is 10.0 Å². The van der Waals surface area contributed by atoms with E-state index in [1.165, 1.54) is 23.1 Å². The van der Waals surface area contributed by atoms with Gasteiger partial charge in [-0.05, 0) is 30.7 Å². The molecule has 6 nitrogen and oxygen atoms in total. The minimum absolute atomic E-state index is 0.00252. The van der Waals surface area contributed by atoms with Gasteiger partial charge in [0.1, 0.15) is 5.82 Å². The summed E-state index contributed by atoms with van der Waals surface area (Å²) in [5.74, 6) is -1.01. The lowest BCUT2D eigenvalue weighted by molar-refractivity contribution is 0.0778. The summed E-state index contributed by atoms with van der Waals surface area (Å²) in [6, 6.07) is 12.5. The summed E-state index contributed by atoms with van der Waals surface area (Å²) in [6.45, 7) is 0.887. The number of likely N-dealkylation sites (tertiary alicyclic amines) is 1. The molecule has 1 saturated heterocycles. The number of para-hydroxylation sites is 1. The highest BCUT2D eigenvalue weighted by atomic mass is 32.3. The first kappa shape index (κ1) is 17.1. The first-order chi connectivity index (χ1) is 12.4. The van der Waals surface area contributed by atoms with E-state index in [1.54, 1.807) is 30.3 Å². The maximum Gasteiger partial charge on any atom is 0.256 e. The van der Waals surface area contributed by atoms with Gasteiger partial charge in [0.15, 0.2) is 15.3 Å². The molecule has 0 aliphatic carbocycles. The number of hydrogen-bond acceptors (Lipinski definition) is 4. The van der Waals surface area contributed by atoms with Gasteiger partial charge in [0, 0.05) is 19.6 Å². The summed E-state index contributed by atoms with van der Waals surface area (Å²) in [6.07, 6.45) is 0.452. The van der Waals surface area contributed by atoms with Gasteiger partial charge in [0.2, 0.25) is 0 Å². The lowest BCUT2D eigenvalue weighted by Crippen LogP contribution is -2.55. The standard InChI is InChI=1S/C18H18FN3O3S/c19-14-6-2-1-5-13(14)17(23)22-10-9-18(12-22)11-20-15-7-3-4-8-16(15)26(24,25)21-18/h1-8H,9-12H2,(H2-,20,21,24,25). The SMILES string of the molecule is O=C(c1ccccc1F)N1CCC2(CNc3ccccc3[S+](=O)([O-])N2)C1. The van der Waals surface area contributed by atoms with E-state index in [9.17, 15) is 17.9 Å². The number of sulfonamides is 1. The number of nitrogens with zero attached hydrogens (tertiary/aromatic N) is 1. The van der Waals surface area contributed by atoms with Gasteiger partial charge in [-0.2, -0.15) is 0 Å². The highest BCUT2D eigenvalue weighted by Crippen LogP contribution is 2.33. The normalized spacial score (nSPS) is 27.7. The monoisotopic (exact) mass is 375 g/mol. The maximum atomic E-state index is 13.9. The molecule has 0 bridgehead atoms. The Morgan fingerprint density at radius 1 is 1.19 bits per heavy atom. The summed E-state index contributed by atoms with van der Waals surface area (Å²) in [5.41, 5.74) is -0.285. The molecule has 136 valence electrons. The molecular weight excluding hydrogens is 357 g/mol. The number of halogens is 1. The molecule has 0 aromatic heterocycles. The zero-order chi connectivity index (χ0) is 18.4. The summed E-state index contributed by atoms with van der Waals surface area (Å²) in [7, 11) is -3.72. The fourth-order valence-corrected chi connectivity index (χ4v) is 5.17. The molecule has 2 aromatic carbocycles. The quantitative estimate of drug-likeness (QED) is 0.747. The van der Waals surface area contributed by atoms with Crippen molar-refractivity contribution < 1.29 is 17.9 Å². The maximum absolute atomic E-state index is 13.9. The fraction of sp³-hybridized carbons (Fsp3) is 0.278. The zero-order valence-electron chi connectivity index (χ0n) is 13.9. The summed E-state index contributed by atoms with van der Waals surface area (Å²) in [5, 5.41) is 3.17. The minimum Gasteiger partial charge on any atom is -0.593 e. The van der Waals surface area contributed by atoms with Gasteiger partial charge in [-0.1, -0.05) is 28.5 Å². The van der Waals surface area contributed by atoms with Crippen molar-refractivity contribution in [3.8, 4) is 0 Å². The van der Waals surface area contributed by atoms with Crippen LogP contribution in [0.1, 0.15) is 16.8 Å². The zero-order valence-corrected chi connectivity index (χ0v) is 14.7. The van der Waals surface area contributed by atoms with Crippen molar-refractivity contribution in [1.82, 2.24) is 9.62 Å². The van der Waals surface area contributed by atoms with Crippen LogP contribution in [0, 0.1) is 5.82 Å². The summed E-state index contributed by atoms with van der Waals surface area (Å²) < 4.78 is 42.2. The molecule has 0 radical (unpaired) electrons. The van der Waals surface area contributed by atoms with E-state index in [4.69, 9.17) is 0 Å². The number of nitrogens with one attached hydrogen (secondary N) is 2. The molecule has 0 saturated carbocycles. The Kier molecular flexibility index (Phi) is 4.06. The largest absolute Gasteiger partial charge is 0.593 e. The number of amides is 1. The number of anilines is 1. The molecule has 1 spiro atoms. The third-order valence-electron chi connectivity index (χ3n) is 4.89. The Balaban J connectivity index is 1.59. The van der Waals surface area contributed by atoms with Crippen LogP contribution in [0.3, 0.4) is 0 Å². The van der Waals surface area contributed by atoms with E-state index in [1.807, 2.05) is 0 Å². The van der Waals surface area contributed by atoms with E-state index < -0.39 is 27.7 Å². The van der Waals surface area contributed by atoms with Crippen LogP contribution in [0.5, 0.6) is 0 Å². The molecule has 8 heteroatoms. The lowest BCUT2D eigenvalue weighted by atomic mass is 10.00. The van der Waals surface area contributed by atoms with Crippen molar-refractivity contribution in [2.75, 3.05) is 25.0 Å². The summed E-state index contributed by atoms with van der Waals surface area (Å²) >= 11 is 0. The topological polar surface area (TPSA) is 84.5 Å². The molecule has 2 aromatic rings. The second kappa shape index (κ2) is 6.15. The van der Waals surface area contributed by atoms with Crippen LogP contribution in [0.4, 0.5) is 10.1 Å². The van der Waals surface area contributed by atoms with Crippen molar-refractivity contribution in [1.29, 1.82) is 0 Å². The lowest BCUT2D eigenvalue weighted by Gasteiger charge is -2.29. The molecule has 2 N–H and O–H groups in total. The summed E-state index contributed by atoms with van der Waals surface area (Å²) in [4.78, 5) is 14.3. The fourth-order valence-electron chi connectivity index (χ4n) is 3.57. The van der Waals surface area contributed by atoms with Crippen LogP contribution in [-0.2, 0) is 14.6 Å². The molecule has 2 atom stereocenters. The molecule has 4 rings (SSSR count). The number of carbonyl (C=O) groups excluding carboxylic acids is 1. The first-order valence-corrected chi connectivity index (χ1v) is 9.79. The molecule has 1 fully saturated rings. The van der Waals surface area contributed by atoms with Gasteiger partial charge >= 0.3 is 0 Å². The highest BCUT2D eigenvalue weighted by Gasteiger charge is 2.48. The average molecular weight is 375 g/mol. The van der Waals surface area contributed by atoms with Gasteiger partial charge in [-0.25, -0.2) is 4.39 Å². The molecule has 2 aliphatic heterocycles. The number of rotatable bonds is 1. The van der Waals surface area contributed by atoms with E-state index in [-0.39, 0.29) is 17.0 Å². The molecular formula is C18H18FN3O3S. The Labute approximate surface area is 151 Å². The predicted octanol–water partition coefficient (Wildman–Crippen LogP) is 2.03. The number of benzene rings is 2. The van der Waals surface area contributed by atoms with E-state index in [0.29, 0.717) is 25.2 Å². The van der Waals surface area contributed by atoms with E-state index in [0.717, 1.165) is 0 Å². The van der Waals surface area contributed by atoms with E-state index in [2.05, 4.69) is 10.0 Å². The van der Waals surface area contributed by atoms with Gasteiger partial charge in [0.25, 0.3) is 5.91 Å². The van der Waals surface area contributed by atoms with Crippen molar-refractivity contribution in [3.05, 3.63) is 59.9 Å². The van der Waals surface area contributed by atoms with Gasteiger partial charge in [-0.3, -0.25) is 4.79 Å². The molecule has 1 amide bonds. The van der Waals surface area contributed by atoms with Crippen LogP contribution in [0.15, 0.2) is 53.4 Å². The molecule has 2 aliphatic rings. The average Bonchev–Trinajstić information content (AvgIpc) is 2.99. The van der Waals surface area contributed by atoms with Gasteiger partial charge in [-0.15, -0.1) is 4.72 Å². The van der Waals surface area contributed by atoms with Gasteiger partial charge in [0.05, 0.1) is 16.8 Å². The number of carbonyl (C=O) groups is 1. The Bertz CT molecular complexity index is 922. The number of hydrogen-bond donors (Lipinski definition) is 2. The van der Waals surface area contributed by atoms with Crippen molar-refractivity contribution in [2.24, 2.45) is 0 Å². The molecule has 2 unspecified atom stereocenters. The third kappa shape index (κ3) is 2.90. The Morgan fingerprint density at radius 3 is 2.73 bits per heavy atom. The van der Waals surface area contributed by atoms with Crippen molar-refractivity contribution in [3.63, 3.8) is 0 Å². The van der Waals surface area contributed by atoms with Crippen LogP contribution in [0.2, 0.25) is 0 Å². The highest BCUT2D eigenvalue weighted by molar-refractivity contribution is 7.96. The Hall–Kier alpha value is -2.29. The second-order valence-electron chi connectivity index (χ2n) is 6.69. The first-order valence-electron chi connectivity index (χ1n) is 8.31. The third-order valence-corrected chi connectivity index (χ3v) is 6.53. The van der Waals surface area contributed by atoms with Crippen molar-refractivity contribution in [2.45, 2.75) is 16.9 Å². The molecule has 2 heterocycles. The second-order valence-corrected chi connectivity index (χ2v) is 8.34. The van der Waals surface area contributed by atoms with Crippen molar-refractivity contribution >= 4 is 22.0 Å². The van der Waals surface area contributed by atoms with Crippen LogP contribution >= 0.6 is 0 Å². The van der Waals surface area contributed by atoms with E-state index >= 15 is 0 Å². The smallest absolute Gasteiger partial charge is 0.256 e. The van der Waals surface area contributed by atoms with Crippen LogP contribution in [0.25, 0.3) is 0 Å². The van der Waals surface area contributed by atoms with Gasteiger partial charge < -0.3 is 14.8 Å². The van der Waals surface area contributed by atoms with Crippen LogP contribution in [-0.4, -0.2) is 40.5 Å². The predicted molar refractivity (Wildman–Crippen MR) is 94.8 cm³/mol.